The zero-order valence-corrected chi connectivity index (χ0v) is 34.8. The summed E-state index contributed by atoms with van der Waals surface area (Å²) >= 11 is 1.36. The molecule has 1 aliphatic carbocycles. The number of rotatable bonds is 11. The number of anilines is 2. The van der Waals surface area contributed by atoms with Gasteiger partial charge in [0.15, 0.2) is 22.3 Å². The molecule has 0 saturated carbocycles. The number of fused-ring (bicyclic) bond motifs is 3. The van der Waals surface area contributed by atoms with E-state index in [1.807, 2.05) is 0 Å². The lowest BCUT2D eigenvalue weighted by Crippen LogP contribution is -2.48. The minimum atomic E-state index is -5.07. The first-order valence-corrected chi connectivity index (χ1v) is 21.9. The molecular weight excluding hydrogens is 854 g/mol. The summed E-state index contributed by atoms with van der Waals surface area (Å²) in [5.74, 6) is -6.56. The largest absolute Gasteiger partial charge is 0.435 e. The number of halogens is 7. The number of para-hydroxylation sites is 1. The van der Waals surface area contributed by atoms with Crippen LogP contribution in [0, 0.1) is 11.6 Å². The van der Waals surface area contributed by atoms with E-state index in [1.54, 1.807) is 31.3 Å². The second-order valence-electron chi connectivity index (χ2n) is 15.5. The molecule has 1 amide bonds. The average Bonchev–Trinajstić information content (AvgIpc) is 3.92. The molecule has 0 radical (unpaired) electrons. The molecule has 2 N–H and O–H groups in total. The number of alkyl halides is 5. The van der Waals surface area contributed by atoms with Gasteiger partial charge < -0.3 is 10.2 Å². The maximum Gasteiger partial charge on any atom is 0.435 e. The fourth-order valence-corrected chi connectivity index (χ4v) is 9.66. The average molecular weight is 893 g/mol. The van der Waals surface area contributed by atoms with Gasteiger partial charge in [0.05, 0.1) is 28.2 Å². The van der Waals surface area contributed by atoms with Gasteiger partial charge in [0.25, 0.3) is 5.92 Å². The number of amides is 1. The van der Waals surface area contributed by atoms with Crippen LogP contribution in [-0.4, -0.2) is 87.2 Å². The second kappa shape index (κ2) is 15.5. The van der Waals surface area contributed by atoms with Gasteiger partial charge in [0.1, 0.15) is 23.9 Å². The van der Waals surface area contributed by atoms with Crippen molar-refractivity contribution in [2.75, 3.05) is 42.1 Å². The van der Waals surface area contributed by atoms with Crippen molar-refractivity contribution in [1.82, 2.24) is 39.7 Å². The molecule has 324 valence electrons. The predicted octanol–water partition coefficient (Wildman–Crippen LogP) is 6.78. The van der Waals surface area contributed by atoms with E-state index in [2.05, 4.69) is 43.9 Å². The van der Waals surface area contributed by atoms with E-state index >= 15 is 8.78 Å². The molecule has 6 aromatic rings. The van der Waals surface area contributed by atoms with Crippen molar-refractivity contribution in [1.29, 1.82) is 0 Å². The summed E-state index contributed by atoms with van der Waals surface area (Å²) in [6.45, 7) is 6.12. The normalized spacial score (nSPS) is 16.5. The minimum absolute atomic E-state index is 0.0277. The van der Waals surface area contributed by atoms with Crippen LogP contribution < -0.4 is 14.9 Å². The Kier molecular flexibility index (Phi) is 10.8. The van der Waals surface area contributed by atoms with Crippen LogP contribution in [0.3, 0.4) is 0 Å². The number of aromatic nitrogens is 6. The number of nitrogens with zero attached hydrogens (tertiary/aromatic N) is 8. The number of sulfonamides is 1. The summed E-state index contributed by atoms with van der Waals surface area (Å²) in [7, 11) is -2.18. The Bertz CT molecular complexity index is 2770. The van der Waals surface area contributed by atoms with Crippen LogP contribution in [0.4, 0.5) is 41.7 Å². The molecule has 5 heterocycles. The van der Waals surface area contributed by atoms with E-state index in [1.165, 1.54) is 16.0 Å². The van der Waals surface area contributed by atoms with E-state index in [4.69, 9.17) is 9.97 Å². The fraction of sp³-hybridized carbons (Fsp3) is 0.410. The number of hydrogen-bond acceptors (Lipinski definition) is 10. The van der Waals surface area contributed by atoms with E-state index < -0.39 is 82.0 Å². The lowest BCUT2D eigenvalue weighted by molar-refractivity contribution is -0.142. The lowest BCUT2D eigenvalue weighted by Gasteiger charge is -2.36. The molecule has 0 spiro atoms. The summed E-state index contributed by atoms with van der Waals surface area (Å²) in [4.78, 5) is 28.3. The topological polar surface area (TPSA) is 143 Å². The summed E-state index contributed by atoms with van der Waals surface area (Å²) in [6.07, 6.45) is -5.91. The molecule has 4 aromatic heterocycles. The molecule has 22 heteroatoms. The van der Waals surface area contributed by atoms with Crippen LogP contribution in [-0.2, 0) is 53.4 Å². The smallest absolute Gasteiger partial charge is 0.346 e. The molecule has 1 aliphatic heterocycles. The first kappa shape index (κ1) is 42.3. The molecule has 2 aliphatic rings. The van der Waals surface area contributed by atoms with Crippen molar-refractivity contribution in [2.45, 2.75) is 63.8 Å². The number of carbonyl (C=O) groups is 1. The zero-order chi connectivity index (χ0) is 43.8. The van der Waals surface area contributed by atoms with Crippen LogP contribution in [0.5, 0.6) is 0 Å². The van der Waals surface area contributed by atoms with Gasteiger partial charge in [-0.15, -0.1) is 0 Å². The van der Waals surface area contributed by atoms with E-state index in [0.29, 0.717) is 61.7 Å². The Morgan fingerprint density at radius 3 is 2.34 bits per heavy atom. The molecule has 0 unspecified atom stereocenters. The lowest BCUT2D eigenvalue weighted by atomic mass is 9.94. The fourth-order valence-electron chi connectivity index (χ4n) is 8.16. The molecule has 8 rings (SSSR count). The Hall–Kier alpha value is -5.35. The first-order chi connectivity index (χ1) is 28.6. The summed E-state index contributed by atoms with van der Waals surface area (Å²) in [5, 5.41) is 11.6. The Morgan fingerprint density at radius 2 is 1.69 bits per heavy atom. The molecule has 1 atom stereocenters. The molecule has 1 fully saturated rings. The van der Waals surface area contributed by atoms with Crippen LogP contribution in [0.1, 0.15) is 54.5 Å². The van der Waals surface area contributed by atoms with Crippen LogP contribution in [0.2, 0.25) is 0 Å². The minimum Gasteiger partial charge on any atom is -0.346 e. The first-order valence-electron chi connectivity index (χ1n) is 19.2. The van der Waals surface area contributed by atoms with Crippen molar-refractivity contribution in [2.24, 2.45) is 7.05 Å². The van der Waals surface area contributed by atoms with E-state index in [0.717, 1.165) is 31.5 Å². The highest BCUT2D eigenvalue weighted by atomic mass is 32.2. The van der Waals surface area contributed by atoms with Gasteiger partial charge in [-0.05, 0) is 56.5 Å². The third-order valence-electron chi connectivity index (χ3n) is 10.8. The van der Waals surface area contributed by atoms with Crippen molar-refractivity contribution in [3.05, 3.63) is 82.3 Å². The van der Waals surface area contributed by atoms with Gasteiger partial charge >= 0.3 is 6.18 Å². The molecule has 1 saturated heterocycles. The highest BCUT2D eigenvalue weighted by Crippen LogP contribution is 2.47. The highest BCUT2D eigenvalue weighted by molar-refractivity contribution is 7.92. The van der Waals surface area contributed by atoms with Gasteiger partial charge in [0, 0.05) is 73.8 Å². The molecule has 13 nitrogen and oxygen atoms in total. The van der Waals surface area contributed by atoms with Crippen LogP contribution >= 0.6 is 11.3 Å². The third kappa shape index (κ3) is 8.48. The summed E-state index contributed by atoms with van der Waals surface area (Å²) in [6, 6.07) is 8.57. The number of pyridine rings is 1. The Morgan fingerprint density at radius 1 is 0.984 bits per heavy atom. The van der Waals surface area contributed by atoms with Gasteiger partial charge in [-0.25, -0.2) is 22.2 Å². The van der Waals surface area contributed by atoms with Crippen molar-refractivity contribution >= 4 is 59.5 Å². The molecule has 61 heavy (non-hydrogen) atoms. The molecule has 2 aromatic carbocycles. The van der Waals surface area contributed by atoms with Crippen LogP contribution in [0.25, 0.3) is 32.4 Å². The van der Waals surface area contributed by atoms with Gasteiger partial charge in [-0.1, -0.05) is 23.5 Å². The Labute approximate surface area is 348 Å². The SMILES string of the molecule is CC(C)N1CCN(c2nc3nc([C@H](Cc4cc(F)cc(F)c4)NC(=O)Cn4nc(C(F)(F)F)c5c4C(F)(F)CC5)c(-c4cccc5c(NS(C)(=O)=O)nn(C)c45)cc3s2)CC1. The van der Waals surface area contributed by atoms with E-state index in [9.17, 15) is 35.2 Å². The van der Waals surface area contributed by atoms with Crippen molar-refractivity contribution < 1.29 is 43.9 Å². The summed E-state index contributed by atoms with van der Waals surface area (Å²) in [5.41, 5.74) is -1.55. The van der Waals surface area contributed by atoms with Crippen LogP contribution in [0.15, 0.2) is 42.5 Å². The second-order valence-corrected chi connectivity index (χ2v) is 18.3. The maximum atomic E-state index is 15.1. The number of benzene rings is 2. The number of carbonyl (C=O) groups excluding carboxylic acids is 1. The molecular formula is C39H39F7N10O3S2. The number of nitrogens with one attached hydrogen (secondary N) is 2. The number of thiazole rings is 1. The highest BCUT2D eigenvalue weighted by Gasteiger charge is 2.50. The number of piperazine rings is 1. The predicted molar refractivity (Wildman–Crippen MR) is 215 cm³/mol. The van der Waals surface area contributed by atoms with Gasteiger partial charge in [-0.2, -0.15) is 37.1 Å². The van der Waals surface area contributed by atoms with Crippen molar-refractivity contribution in [3.8, 4) is 11.1 Å². The number of aryl methyl sites for hydroxylation is 1. The summed E-state index contributed by atoms with van der Waals surface area (Å²) < 4.78 is 131. The molecule has 0 bridgehead atoms. The van der Waals surface area contributed by atoms with E-state index in [-0.39, 0.29) is 29.1 Å². The Balaban J connectivity index is 1.28. The maximum absolute atomic E-state index is 15.1. The van der Waals surface area contributed by atoms with Crippen molar-refractivity contribution in [3.63, 3.8) is 0 Å². The zero-order valence-electron chi connectivity index (χ0n) is 33.1. The number of hydrogen-bond donors (Lipinski definition) is 2. The van der Waals surface area contributed by atoms with Gasteiger partial charge in [-0.3, -0.25) is 23.8 Å². The van der Waals surface area contributed by atoms with Gasteiger partial charge in [0.2, 0.25) is 15.9 Å². The quantitative estimate of drug-likeness (QED) is 0.135. The monoisotopic (exact) mass is 892 g/mol. The standard InChI is InChI=1S/C39H39F7N10O3S2/c1-20(2)54-10-12-55(13-11-54)37-49-36-29(60-37)18-27(24-6-5-7-25-32(24)53(3)51-35(25)52-61(4,58)59)31(48-36)28(16-21-14-22(40)17-23(41)15-21)47-30(57)19-56-34-26(8-9-38(34,42)43)33(50-56)39(44,45)46/h5-7,14-15,17-18,20,28H,8-13,16,19H2,1-4H3,(H,47,57)(H,51,52)/t28-/m0/s1. The third-order valence-corrected chi connectivity index (χ3v) is 12.4.